The number of nitrogens with one attached hydrogen (secondary N) is 1. The molecule has 0 unspecified atom stereocenters. The molecular formula is C22H26N6. The van der Waals surface area contributed by atoms with Crippen molar-refractivity contribution in [2.24, 2.45) is 0 Å². The van der Waals surface area contributed by atoms with Gasteiger partial charge >= 0.3 is 0 Å². The second-order valence-corrected chi connectivity index (χ2v) is 7.05. The van der Waals surface area contributed by atoms with E-state index >= 15 is 0 Å². The first-order chi connectivity index (χ1) is 13.8. The van der Waals surface area contributed by atoms with E-state index in [0.717, 1.165) is 38.5 Å². The average Bonchev–Trinajstić information content (AvgIpc) is 2.75. The average molecular weight is 374 g/mol. The summed E-state index contributed by atoms with van der Waals surface area (Å²) in [6.45, 7) is 5.47. The molecule has 3 N–H and O–H groups in total. The molecule has 2 aromatic carbocycles. The van der Waals surface area contributed by atoms with Gasteiger partial charge in [-0.15, -0.1) is 0 Å². The normalized spacial score (nSPS) is 14.8. The van der Waals surface area contributed by atoms with E-state index in [1.807, 2.05) is 18.2 Å². The number of benzene rings is 2. The Morgan fingerprint density at radius 1 is 0.821 bits per heavy atom. The first-order valence-corrected chi connectivity index (χ1v) is 9.69. The third kappa shape index (κ3) is 4.40. The van der Waals surface area contributed by atoms with Crippen LogP contribution < -0.4 is 16.0 Å². The molecule has 4 rings (SSSR count). The van der Waals surface area contributed by atoms with E-state index in [4.69, 9.17) is 5.73 Å². The van der Waals surface area contributed by atoms with Crippen molar-refractivity contribution in [3.8, 4) is 0 Å². The van der Waals surface area contributed by atoms with Gasteiger partial charge in [0.2, 0.25) is 0 Å². The zero-order valence-electron chi connectivity index (χ0n) is 16.0. The van der Waals surface area contributed by atoms with Gasteiger partial charge in [-0.2, -0.15) is 0 Å². The Bertz CT molecular complexity index is 876. The van der Waals surface area contributed by atoms with Gasteiger partial charge in [0.15, 0.2) is 11.6 Å². The summed E-state index contributed by atoms with van der Waals surface area (Å²) >= 11 is 0. The molecule has 144 valence electrons. The van der Waals surface area contributed by atoms with E-state index in [-0.39, 0.29) is 0 Å². The molecular weight excluding hydrogens is 348 g/mol. The molecule has 0 aliphatic carbocycles. The molecule has 0 atom stereocenters. The summed E-state index contributed by atoms with van der Waals surface area (Å²) in [6.07, 6.45) is 1.59. The monoisotopic (exact) mass is 374 g/mol. The number of aromatic nitrogens is 2. The molecule has 1 saturated heterocycles. The Morgan fingerprint density at radius 3 is 2.14 bits per heavy atom. The SMILES string of the molecule is Nc1c(NCc2ccccc2)ncnc1N1CCN(Cc2ccccc2)CC1. The van der Waals surface area contributed by atoms with E-state index in [9.17, 15) is 0 Å². The van der Waals surface area contributed by atoms with Crippen LogP contribution in [0.2, 0.25) is 0 Å². The standard InChI is InChI=1S/C22H26N6/c23-20-21(24-15-18-7-3-1-4-8-18)25-17-26-22(20)28-13-11-27(12-14-28)16-19-9-5-2-6-10-19/h1-10,17H,11-16,23H2,(H,24,25,26). The molecule has 28 heavy (non-hydrogen) atoms. The number of hydrogen-bond donors (Lipinski definition) is 2. The molecule has 3 aromatic rings. The molecule has 0 saturated carbocycles. The van der Waals surface area contributed by atoms with Gasteiger partial charge in [0.1, 0.15) is 12.0 Å². The third-order valence-corrected chi connectivity index (χ3v) is 5.09. The van der Waals surface area contributed by atoms with Gasteiger partial charge in [0.25, 0.3) is 0 Å². The van der Waals surface area contributed by atoms with Crippen LogP contribution in [0.25, 0.3) is 0 Å². The fraction of sp³-hybridized carbons (Fsp3) is 0.273. The zero-order chi connectivity index (χ0) is 19.2. The fourth-order valence-corrected chi connectivity index (χ4v) is 3.52. The fourth-order valence-electron chi connectivity index (χ4n) is 3.52. The Morgan fingerprint density at radius 2 is 1.46 bits per heavy atom. The minimum absolute atomic E-state index is 0.620. The second-order valence-electron chi connectivity index (χ2n) is 7.05. The van der Waals surface area contributed by atoms with Crippen molar-refractivity contribution in [3.63, 3.8) is 0 Å². The smallest absolute Gasteiger partial charge is 0.157 e. The lowest BCUT2D eigenvalue weighted by molar-refractivity contribution is 0.249. The Balaban J connectivity index is 1.37. The van der Waals surface area contributed by atoms with Crippen LogP contribution in [0.4, 0.5) is 17.3 Å². The maximum atomic E-state index is 6.39. The van der Waals surface area contributed by atoms with Crippen LogP contribution in [0.3, 0.4) is 0 Å². The van der Waals surface area contributed by atoms with Gasteiger partial charge in [0.05, 0.1) is 0 Å². The highest BCUT2D eigenvalue weighted by molar-refractivity contribution is 5.75. The number of anilines is 3. The predicted octanol–water partition coefficient (Wildman–Crippen LogP) is 2.99. The summed E-state index contributed by atoms with van der Waals surface area (Å²) in [6, 6.07) is 20.8. The van der Waals surface area contributed by atoms with E-state index in [1.165, 1.54) is 11.1 Å². The Hall–Kier alpha value is -3.12. The summed E-state index contributed by atoms with van der Waals surface area (Å²) in [7, 11) is 0. The summed E-state index contributed by atoms with van der Waals surface area (Å²) < 4.78 is 0. The number of nitrogens with zero attached hydrogens (tertiary/aromatic N) is 4. The molecule has 1 aromatic heterocycles. The lowest BCUT2D eigenvalue weighted by Gasteiger charge is -2.36. The number of nitrogen functional groups attached to an aromatic ring is 1. The summed E-state index contributed by atoms with van der Waals surface area (Å²) in [5.41, 5.74) is 9.56. The highest BCUT2D eigenvalue weighted by Gasteiger charge is 2.21. The van der Waals surface area contributed by atoms with Gasteiger partial charge in [-0.1, -0.05) is 60.7 Å². The quantitative estimate of drug-likeness (QED) is 0.691. The minimum atomic E-state index is 0.620. The van der Waals surface area contributed by atoms with Crippen molar-refractivity contribution in [1.29, 1.82) is 0 Å². The van der Waals surface area contributed by atoms with Crippen molar-refractivity contribution < 1.29 is 0 Å². The van der Waals surface area contributed by atoms with Gasteiger partial charge < -0.3 is 16.0 Å². The Labute approximate surface area is 166 Å². The molecule has 6 nitrogen and oxygen atoms in total. The second kappa shape index (κ2) is 8.71. The third-order valence-electron chi connectivity index (χ3n) is 5.09. The van der Waals surface area contributed by atoms with Crippen LogP contribution in [-0.4, -0.2) is 41.0 Å². The van der Waals surface area contributed by atoms with Crippen LogP contribution in [0.1, 0.15) is 11.1 Å². The molecule has 0 spiro atoms. The minimum Gasteiger partial charge on any atom is -0.393 e. The van der Waals surface area contributed by atoms with E-state index in [2.05, 4.69) is 67.5 Å². The van der Waals surface area contributed by atoms with Crippen molar-refractivity contribution in [2.75, 3.05) is 42.1 Å². The molecule has 0 radical (unpaired) electrons. The summed E-state index contributed by atoms with van der Waals surface area (Å²) in [4.78, 5) is 13.5. The zero-order valence-corrected chi connectivity index (χ0v) is 16.0. The molecule has 1 aliphatic heterocycles. The van der Waals surface area contributed by atoms with Crippen LogP contribution >= 0.6 is 0 Å². The topological polar surface area (TPSA) is 70.3 Å². The molecule has 0 bridgehead atoms. The molecule has 2 heterocycles. The molecule has 0 amide bonds. The van der Waals surface area contributed by atoms with Gasteiger partial charge in [-0.25, -0.2) is 9.97 Å². The van der Waals surface area contributed by atoms with Crippen LogP contribution in [0.5, 0.6) is 0 Å². The predicted molar refractivity (Wildman–Crippen MR) is 114 cm³/mol. The van der Waals surface area contributed by atoms with Gasteiger partial charge in [0, 0.05) is 39.3 Å². The number of hydrogen-bond acceptors (Lipinski definition) is 6. The number of piperazine rings is 1. The van der Waals surface area contributed by atoms with E-state index < -0.39 is 0 Å². The van der Waals surface area contributed by atoms with Crippen molar-refractivity contribution in [1.82, 2.24) is 14.9 Å². The number of rotatable bonds is 6. The highest BCUT2D eigenvalue weighted by Crippen LogP contribution is 2.27. The summed E-state index contributed by atoms with van der Waals surface area (Å²) in [5, 5.41) is 3.34. The maximum absolute atomic E-state index is 6.39. The summed E-state index contributed by atoms with van der Waals surface area (Å²) in [5.74, 6) is 1.52. The van der Waals surface area contributed by atoms with Crippen molar-refractivity contribution in [2.45, 2.75) is 13.1 Å². The lowest BCUT2D eigenvalue weighted by Crippen LogP contribution is -2.46. The molecule has 1 fully saturated rings. The maximum Gasteiger partial charge on any atom is 0.157 e. The van der Waals surface area contributed by atoms with Crippen molar-refractivity contribution >= 4 is 17.3 Å². The van der Waals surface area contributed by atoms with Gasteiger partial charge in [-0.05, 0) is 11.1 Å². The first kappa shape index (κ1) is 18.3. The molecule has 6 heteroatoms. The Kier molecular flexibility index (Phi) is 5.68. The lowest BCUT2D eigenvalue weighted by atomic mass is 10.2. The van der Waals surface area contributed by atoms with Crippen LogP contribution in [0, 0.1) is 0 Å². The molecule has 1 aliphatic rings. The van der Waals surface area contributed by atoms with Gasteiger partial charge in [-0.3, -0.25) is 4.90 Å². The van der Waals surface area contributed by atoms with Crippen LogP contribution in [0.15, 0.2) is 67.0 Å². The number of nitrogens with two attached hydrogens (primary N) is 1. The van der Waals surface area contributed by atoms with Crippen LogP contribution in [-0.2, 0) is 13.1 Å². The van der Waals surface area contributed by atoms with Crippen molar-refractivity contribution in [3.05, 3.63) is 78.1 Å². The van der Waals surface area contributed by atoms with E-state index in [0.29, 0.717) is 18.1 Å². The van der Waals surface area contributed by atoms with E-state index in [1.54, 1.807) is 6.33 Å². The highest BCUT2D eigenvalue weighted by atomic mass is 15.3. The first-order valence-electron chi connectivity index (χ1n) is 9.69. The largest absolute Gasteiger partial charge is 0.393 e.